The van der Waals surface area contributed by atoms with Crippen molar-refractivity contribution in [2.24, 2.45) is 0 Å². The van der Waals surface area contributed by atoms with Crippen LogP contribution in [0.3, 0.4) is 0 Å². The third kappa shape index (κ3) is 3.20. The number of carbonyl (C=O) groups is 1. The van der Waals surface area contributed by atoms with Crippen LogP contribution in [0, 0.1) is 6.92 Å². The van der Waals surface area contributed by atoms with Crippen LogP contribution in [0.15, 0.2) is 24.3 Å². The van der Waals surface area contributed by atoms with Gasteiger partial charge in [-0.3, -0.25) is 4.79 Å². The molecule has 0 aliphatic heterocycles. The minimum Gasteiger partial charge on any atom is -0.434 e. The summed E-state index contributed by atoms with van der Waals surface area (Å²) in [6, 6.07) is 7.45. The molecule has 0 unspecified atom stereocenters. The smallest absolute Gasteiger partial charge is 0.308 e. The second kappa shape index (κ2) is 5.93. The van der Waals surface area contributed by atoms with Gasteiger partial charge < -0.3 is 9.47 Å². The molecule has 5 nitrogen and oxygen atoms in total. The lowest BCUT2D eigenvalue weighted by atomic mass is 10.1. The number of aryl methyl sites for hydroxylation is 1. The lowest BCUT2D eigenvalue weighted by Gasteiger charge is -2.14. The fraction of sp³-hybridized carbons (Fsp3) is 0.312. The van der Waals surface area contributed by atoms with E-state index in [4.69, 9.17) is 21.1 Å². The zero-order chi connectivity index (χ0) is 15.7. The average Bonchev–Trinajstić information content (AvgIpc) is 3.27. The highest BCUT2D eigenvalue weighted by atomic mass is 35.5. The monoisotopic (exact) mass is 318 g/mol. The van der Waals surface area contributed by atoms with Crippen LogP contribution in [0.4, 0.5) is 0 Å². The van der Waals surface area contributed by atoms with E-state index in [-0.39, 0.29) is 16.8 Å². The zero-order valence-corrected chi connectivity index (χ0v) is 13.1. The Balaban J connectivity index is 1.98. The topological polar surface area (TPSA) is 61.3 Å². The van der Waals surface area contributed by atoms with Gasteiger partial charge in [-0.1, -0.05) is 29.8 Å². The minimum absolute atomic E-state index is 0.135. The quantitative estimate of drug-likeness (QED) is 0.796. The Bertz CT molecular complexity index is 729. The summed E-state index contributed by atoms with van der Waals surface area (Å²) < 4.78 is 11.0. The Hall–Kier alpha value is -2.14. The summed E-state index contributed by atoms with van der Waals surface area (Å²) in [5.74, 6) is 1.09. The van der Waals surface area contributed by atoms with Gasteiger partial charge >= 0.3 is 5.97 Å². The van der Waals surface area contributed by atoms with E-state index in [1.54, 1.807) is 0 Å². The average molecular weight is 319 g/mol. The lowest BCUT2D eigenvalue weighted by molar-refractivity contribution is -0.132. The predicted molar refractivity (Wildman–Crippen MR) is 81.6 cm³/mol. The van der Waals surface area contributed by atoms with Gasteiger partial charge in [0.25, 0.3) is 5.88 Å². The molecule has 1 aromatic heterocycles. The highest BCUT2D eigenvalue weighted by Gasteiger charge is 2.28. The van der Waals surface area contributed by atoms with Crippen molar-refractivity contribution in [3.8, 4) is 17.4 Å². The number of aromatic nitrogens is 2. The maximum atomic E-state index is 11.2. The third-order valence-electron chi connectivity index (χ3n) is 3.41. The molecule has 1 saturated carbocycles. The largest absolute Gasteiger partial charge is 0.434 e. The molecule has 0 spiro atoms. The van der Waals surface area contributed by atoms with Gasteiger partial charge in [0.1, 0.15) is 5.75 Å². The molecule has 1 fully saturated rings. The molecule has 3 rings (SSSR count). The molecular weight excluding hydrogens is 304 g/mol. The predicted octanol–water partition coefficient (Wildman–Crippen LogP) is 4.03. The van der Waals surface area contributed by atoms with E-state index in [9.17, 15) is 4.79 Å². The SMILES string of the molecule is CC(=O)Oc1cc(Cl)nnc1Oc1c(C)cccc1C1CC1. The molecule has 0 atom stereocenters. The second-order valence-electron chi connectivity index (χ2n) is 5.30. The van der Waals surface area contributed by atoms with Crippen molar-refractivity contribution in [1.29, 1.82) is 0 Å². The highest BCUT2D eigenvalue weighted by molar-refractivity contribution is 6.29. The number of carbonyl (C=O) groups excluding carboxylic acids is 1. The molecule has 1 aliphatic rings. The molecule has 1 aliphatic carbocycles. The first-order chi connectivity index (χ1) is 10.5. The van der Waals surface area contributed by atoms with E-state index in [2.05, 4.69) is 16.3 Å². The number of rotatable bonds is 4. The zero-order valence-electron chi connectivity index (χ0n) is 12.3. The van der Waals surface area contributed by atoms with Crippen molar-refractivity contribution in [3.05, 3.63) is 40.5 Å². The van der Waals surface area contributed by atoms with Crippen molar-refractivity contribution >= 4 is 17.6 Å². The standard InChI is InChI=1S/C16H15ClN2O3/c1-9-4-3-5-12(11-6-7-11)15(9)22-16-13(21-10(2)20)8-14(17)18-19-16/h3-5,8,11H,6-7H2,1-2H3. The fourth-order valence-corrected chi connectivity index (χ4v) is 2.40. The number of ether oxygens (including phenoxy) is 2. The molecule has 0 saturated heterocycles. The van der Waals surface area contributed by atoms with Crippen molar-refractivity contribution in [2.45, 2.75) is 32.6 Å². The van der Waals surface area contributed by atoms with Gasteiger partial charge in [0.05, 0.1) is 0 Å². The maximum Gasteiger partial charge on any atom is 0.308 e. The van der Waals surface area contributed by atoms with Gasteiger partial charge in [0, 0.05) is 13.0 Å². The van der Waals surface area contributed by atoms with Crippen molar-refractivity contribution < 1.29 is 14.3 Å². The molecule has 22 heavy (non-hydrogen) atoms. The molecule has 2 aromatic rings. The number of benzene rings is 1. The van der Waals surface area contributed by atoms with E-state index in [0.717, 1.165) is 29.7 Å². The number of halogens is 1. The van der Waals surface area contributed by atoms with Gasteiger partial charge in [-0.25, -0.2) is 0 Å². The van der Waals surface area contributed by atoms with E-state index in [1.165, 1.54) is 13.0 Å². The normalized spacial score (nSPS) is 13.8. The number of para-hydroxylation sites is 1. The Kier molecular flexibility index (Phi) is 3.98. The third-order valence-corrected chi connectivity index (χ3v) is 3.59. The molecule has 6 heteroatoms. The molecule has 1 heterocycles. The summed E-state index contributed by atoms with van der Waals surface area (Å²) in [6.45, 7) is 3.28. The number of hydrogen-bond acceptors (Lipinski definition) is 5. The van der Waals surface area contributed by atoms with E-state index in [0.29, 0.717) is 5.92 Å². The number of nitrogens with zero attached hydrogens (tertiary/aromatic N) is 2. The molecule has 0 N–H and O–H groups in total. The molecule has 0 amide bonds. The van der Waals surface area contributed by atoms with Crippen LogP contribution >= 0.6 is 11.6 Å². The Morgan fingerprint density at radius 2 is 2.09 bits per heavy atom. The first-order valence-corrected chi connectivity index (χ1v) is 7.41. The van der Waals surface area contributed by atoms with Gasteiger partial charge in [-0.15, -0.1) is 10.2 Å². The number of hydrogen-bond donors (Lipinski definition) is 0. The Morgan fingerprint density at radius 3 is 2.77 bits per heavy atom. The van der Waals surface area contributed by atoms with Crippen molar-refractivity contribution in [2.75, 3.05) is 0 Å². The number of esters is 1. The second-order valence-corrected chi connectivity index (χ2v) is 5.69. The van der Waals surface area contributed by atoms with E-state index < -0.39 is 5.97 Å². The fourth-order valence-electron chi connectivity index (χ4n) is 2.27. The minimum atomic E-state index is -0.471. The van der Waals surface area contributed by atoms with Crippen LogP contribution in [-0.4, -0.2) is 16.2 Å². The Labute approximate surface area is 133 Å². The van der Waals surface area contributed by atoms with Crippen LogP contribution in [0.2, 0.25) is 5.15 Å². The van der Waals surface area contributed by atoms with Crippen LogP contribution < -0.4 is 9.47 Å². The maximum absolute atomic E-state index is 11.2. The molecule has 114 valence electrons. The molecule has 1 aromatic carbocycles. The summed E-state index contributed by atoms with van der Waals surface area (Å²) in [5.41, 5.74) is 2.14. The van der Waals surface area contributed by atoms with Crippen molar-refractivity contribution in [1.82, 2.24) is 10.2 Å². The van der Waals surface area contributed by atoms with Crippen LogP contribution in [-0.2, 0) is 4.79 Å². The van der Waals surface area contributed by atoms with E-state index >= 15 is 0 Å². The lowest BCUT2D eigenvalue weighted by Crippen LogP contribution is -2.05. The molecular formula is C16H15ClN2O3. The van der Waals surface area contributed by atoms with Gasteiger partial charge in [-0.2, -0.15) is 0 Å². The van der Waals surface area contributed by atoms with Crippen molar-refractivity contribution in [3.63, 3.8) is 0 Å². The van der Waals surface area contributed by atoms with Gasteiger partial charge in [0.15, 0.2) is 10.9 Å². The molecule has 0 radical (unpaired) electrons. The molecule has 0 bridgehead atoms. The van der Waals surface area contributed by atoms with Crippen LogP contribution in [0.25, 0.3) is 0 Å². The Morgan fingerprint density at radius 1 is 1.32 bits per heavy atom. The summed E-state index contributed by atoms with van der Waals surface area (Å²) in [5, 5.41) is 7.80. The first kappa shape index (κ1) is 14.8. The summed E-state index contributed by atoms with van der Waals surface area (Å²) in [7, 11) is 0. The summed E-state index contributed by atoms with van der Waals surface area (Å²) >= 11 is 5.81. The van der Waals surface area contributed by atoms with Crippen LogP contribution in [0.1, 0.15) is 36.8 Å². The van der Waals surface area contributed by atoms with E-state index in [1.807, 2.05) is 19.1 Å². The highest BCUT2D eigenvalue weighted by Crippen LogP contribution is 2.46. The first-order valence-electron chi connectivity index (χ1n) is 7.03. The summed E-state index contributed by atoms with van der Waals surface area (Å²) in [6.07, 6.45) is 2.31. The van der Waals surface area contributed by atoms with Gasteiger partial charge in [-0.05, 0) is 36.8 Å². The summed E-state index contributed by atoms with van der Waals surface area (Å²) in [4.78, 5) is 11.2. The van der Waals surface area contributed by atoms with Gasteiger partial charge in [0.2, 0.25) is 0 Å². The van der Waals surface area contributed by atoms with Crippen LogP contribution in [0.5, 0.6) is 17.4 Å².